The zero-order valence-corrected chi connectivity index (χ0v) is 14.3. The van der Waals surface area contributed by atoms with Gasteiger partial charge >= 0.3 is 6.03 Å². The van der Waals surface area contributed by atoms with E-state index in [9.17, 15) is 4.79 Å². The molecule has 0 spiro atoms. The molecule has 2 atom stereocenters. The molecule has 0 unspecified atom stereocenters. The molecule has 0 saturated carbocycles. The fourth-order valence-corrected chi connectivity index (χ4v) is 3.87. The van der Waals surface area contributed by atoms with Crippen LogP contribution < -0.4 is 5.32 Å². The number of pyridine rings is 1. The van der Waals surface area contributed by atoms with E-state index in [0.29, 0.717) is 12.0 Å². The highest BCUT2D eigenvalue weighted by Crippen LogP contribution is 2.36. The Morgan fingerprint density at radius 3 is 3.09 bits per heavy atom. The number of urea groups is 1. The first-order valence-corrected chi connectivity index (χ1v) is 8.74. The van der Waals surface area contributed by atoms with Crippen LogP contribution in [0.1, 0.15) is 18.0 Å². The molecule has 6 heteroatoms. The van der Waals surface area contributed by atoms with Gasteiger partial charge in [0.25, 0.3) is 0 Å². The quantitative estimate of drug-likeness (QED) is 0.936. The molecule has 2 aromatic heterocycles. The number of carbonyl (C=O) groups is 1. The van der Waals surface area contributed by atoms with Crippen LogP contribution in [-0.4, -0.2) is 48.0 Å². The SMILES string of the molecule is CN(C[C@@H]1CCN(C)[C@H]1c1cccnc1)C(=O)Nc1ccsc1. The lowest BCUT2D eigenvalue weighted by molar-refractivity contribution is 0.201. The van der Waals surface area contributed by atoms with Crippen molar-refractivity contribution in [3.8, 4) is 0 Å². The second-order valence-corrected chi connectivity index (χ2v) is 6.86. The summed E-state index contributed by atoms with van der Waals surface area (Å²) in [6.07, 6.45) is 4.82. The summed E-state index contributed by atoms with van der Waals surface area (Å²) in [5.41, 5.74) is 2.09. The van der Waals surface area contributed by atoms with Crippen LogP contribution in [0.25, 0.3) is 0 Å². The van der Waals surface area contributed by atoms with Crippen molar-refractivity contribution >= 4 is 23.1 Å². The van der Waals surface area contributed by atoms with E-state index < -0.39 is 0 Å². The molecule has 0 radical (unpaired) electrons. The smallest absolute Gasteiger partial charge is 0.321 e. The zero-order chi connectivity index (χ0) is 16.2. The van der Waals surface area contributed by atoms with Gasteiger partial charge in [0.05, 0.1) is 5.69 Å². The third-order valence-electron chi connectivity index (χ3n) is 4.43. The summed E-state index contributed by atoms with van der Waals surface area (Å²) in [5, 5.41) is 6.83. The van der Waals surface area contributed by atoms with E-state index in [1.807, 2.05) is 36.1 Å². The standard InChI is InChI=1S/C17H22N4OS/c1-20-8-5-14(16(20)13-4-3-7-18-10-13)11-21(2)17(22)19-15-6-9-23-12-15/h3-4,6-7,9-10,12,14,16H,5,8,11H2,1-2H3,(H,19,22)/t14-,16-/m0/s1. The number of likely N-dealkylation sites (tertiary alicyclic amines) is 1. The van der Waals surface area contributed by atoms with Gasteiger partial charge in [0.15, 0.2) is 0 Å². The van der Waals surface area contributed by atoms with Crippen molar-refractivity contribution in [2.75, 3.05) is 32.5 Å². The van der Waals surface area contributed by atoms with Crippen LogP contribution >= 0.6 is 11.3 Å². The van der Waals surface area contributed by atoms with Crippen molar-refractivity contribution in [3.63, 3.8) is 0 Å². The first-order valence-electron chi connectivity index (χ1n) is 7.79. The molecule has 0 bridgehead atoms. The molecule has 3 rings (SSSR count). The van der Waals surface area contributed by atoms with E-state index in [1.165, 1.54) is 5.56 Å². The summed E-state index contributed by atoms with van der Waals surface area (Å²) >= 11 is 1.58. The highest BCUT2D eigenvalue weighted by atomic mass is 32.1. The third kappa shape index (κ3) is 3.71. The van der Waals surface area contributed by atoms with Crippen LogP contribution in [0, 0.1) is 5.92 Å². The van der Waals surface area contributed by atoms with Crippen LogP contribution in [0.3, 0.4) is 0 Å². The van der Waals surface area contributed by atoms with Crippen LogP contribution in [0.5, 0.6) is 0 Å². The van der Waals surface area contributed by atoms with E-state index >= 15 is 0 Å². The molecule has 0 aromatic carbocycles. The molecule has 1 fully saturated rings. The summed E-state index contributed by atoms with van der Waals surface area (Å²) < 4.78 is 0. The number of thiophene rings is 1. The topological polar surface area (TPSA) is 48.5 Å². The van der Waals surface area contributed by atoms with Gasteiger partial charge in [-0.2, -0.15) is 11.3 Å². The van der Waals surface area contributed by atoms with E-state index in [2.05, 4.69) is 28.3 Å². The number of aromatic nitrogens is 1. The van der Waals surface area contributed by atoms with Crippen LogP contribution in [0.4, 0.5) is 10.5 Å². The fraction of sp³-hybridized carbons (Fsp3) is 0.412. The van der Waals surface area contributed by atoms with Crippen molar-refractivity contribution < 1.29 is 4.79 Å². The Morgan fingerprint density at radius 1 is 1.52 bits per heavy atom. The molecule has 1 aliphatic heterocycles. The molecule has 23 heavy (non-hydrogen) atoms. The molecule has 1 saturated heterocycles. The Labute approximate surface area is 140 Å². The summed E-state index contributed by atoms with van der Waals surface area (Å²) in [4.78, 5) is 20.7. The molecule has 5 nitrogen and oxygen atoms in total. The Hall–Kier alpha value is -1.92. The zero-order valence-electron chi connectivity index (χ0n) is 13.5. The lowest BCUT2D eigenvalue weighted by Crippen LogP contribution is -2.36. The van der Waals surface area contributed by atoms with Crippen molar-refractivity contribution in [1.29, 1.82) is 0 Å². The van der Waals surface area contributed by atoms with Crippen molar-refractivity contribution in [3.05, 3.63) is 46.9 Å². The molecule has 1 N–H and O–H groups in total. The maximum atomic E-state index is 12.3. The number of rotatable bonds is 4. The Kier molecular flexibility index (Phi) is 4.93. The maximum Gasteiger partial charge on any atom is 0.321 e. The maximum absolute atomic E-state index is 12.3. The molecule has 122 valence electrons. The average molecular weight is 330 g/mol. The second-order valence-electron chi connectivity index (χ2n) is 6.08. The van der Waals surface area contributed by atoms with Crippen LogP contribution in [-0.2, 0) is 0 Å². The summed E-state index contributed by atoms with van der Waals surface area (Å²) in [5.74, 6) is 0.419. The largest absolute Gasteiger partial charge is 0.327 e. The molecular weight excluding hydrogens is 308 g/mol. The van der Waals surface area contributed by atoms with Crippen molar-refractivity contribution in [2.45, 2.75) is 12.5 Å². The Morgan fingerprint density at radius 2 is 2.39 bits per heavy atom. The highest BCUT2D eigenvalue weighted by molar-refractivity contribution is 7.08. The number of nitrogens with one attached hydrogen (secondary N) is 1. The average Bonchev–Trinajstić information content (AvgIpc) is 3.18. The van der Waals surface area contributed by atoms with E-state index in [0.717, 1.165) is 25.2 Å². The number of anilines is 1. The normalized spacial score (nSPS) is 21.3. The van der Waals surface area contributed by atoms with E-state index in [4.69, 9.17) is 0 Å². The molecule has 0 aliphatic carbocycles. The lowest BCUT2D eigenvalue weighted by atomic mass is 9.94. The highest BCUT2D eigenvalue weighted by Gasteiger charge is 2.34. The van der Waals surface area contributed by atoms with Crippen LogP contribution in [0.15, 0.2) is 41.4 Å². The predicted molar refractivity (Wildman–Crippen MR) is 93.7 cm³/mol. The van der Waals surface area contributed by atoms with Gasteiger partial charge in [-0.3, -0.25) is 9.88 Å². The van der Waals surface area contributed by atoms with Gasteiger partial charge in [0.1, 0.15) is 0 Å². The number of hydrogen-bond acceptors (Lipinski definition) is 4. The van der Waals surface area contributed by atoms with E-state index in [1.54, 1.807) is 22.4 Å². The number of hydrogen-bond donors (Lipinski definition) is 1. The fourth-order valence-electron chi connectivity index (χ4n) is 3.28. The number of amides is 2. The Bertz CT molecular complexity index is 631. The minimum atomic E-state index is -0.0529. The molecule has 1 aliphatic rings. The van der Waals surface area contributed by atoms with Gasteiger partial charge in [0.2, 0.25) is 0 Å². The van der Waals surface area contributed by atoms with E-state index in [-0.39, 0.29) is 6.03 Å². The first-order chi connectivity index (χ1) is 11.1. The molecule has 3 heterocycles. The number of nitrogens with zero attached hydrogens (tertiary/aromatic N) is 3. The van der Waals surface area contributed by atoms with Gasteiger partial charge < -0.3 is 10.2 Å². The molecule has 2 aromatic rings. The van der Waals surface area contributed by atoms with Crippen LogP contribution in [0.2, 0.25) is 0 Å². The third-order valence-corrected chi connectivity index (χ3v) is 5.11. The minimum absolute atomic E-state index is 0.0529. The lowest BCUT2D eigenvalue weighted by Gasteiger charge is -2.28. The van der Waals surface area contributed by atoms with Gasteiger partial charge in [-0.1, -0.05) is 6.07 Å². The minimum Gasteiger partial charge on any atom is -0.327 e. The van der Waals surface area contributed by atoms with Gasteiger partial charge in [-0.25, -0.2) is 4.79 Å². The summed E-state index contributed by atoms with van der Waals surface area (Å²) in [6.45, 7) is 1.78. The monoisotopic (exact) mass is 330 g/mol. The van der Waals surface area contributed by atoms with Gasteiger partial charge in [0, 0.05) is 37.4 Å². The van der Waals surface area contributed by atoms with Gasteiger partial charge in [-0.15, -0.1) is 0 Å². The summed E-state index contributed by atoms with van der Waals surface area (Å²) in [6, 6.07) is 6.28. The Balaban J connectivity index is 1.65. The first kappa shape index (κ1) is 16.0. The van der Waals surface area contributed by atoms with Gasteiger partial charge in [-0.05, 0) is 49.0 Å². The number of carbonyl (C=O) groups excluding carboxylic acids is 1. The van der Waals surface area contributed by atoms with Crippen molar-refractivity contribution in [2.24, 2.45) is 5.92 Å². The molecule has 2 amide bonds. The van der Waals surface area contributed by atoms with Crippen molar-refractivity contribution in [1.82, 2.24) is 14.8 Å². The summed E-state index contributed by atoms with van der Waals surface area (Å²) in [7, 11) is 4.00. The molecular formula is C17H22N4OS. The second kappa shape index (κ2) is 7.10. The predicted octanol–water partition coefficient (Wildman–Crippen LogP) is 3.30.